The highest BCUT2D eigenvalue weighted by Gasteiger charge is 2.12. The molecule has 1 aromatic heterocycles. The fraction of sp³-hybridized carbons (Fsp3) is 0. The second kappa shape index (κ2) is 5.24. The van der Waals surface area contributed by atoms with Crippen molar-refractivity contribution < 1.29 is 4.39 Å². The van der Waals surface area contributed by atoms with Gasteiger partial charge in [-0.1, -0.05) is 23.7 Å². The summed E-state index contributed by atoms with van der Waals surface area (Å²) in [5, 5.41) is 4.97. The van der Waals surface area contributed by atoms with Crippen molar-refractivity contribution in [2.45, 2.75) is 0 Å². The molecule has 0 aliphatic rings. The van der Waals surface area contributed by atoms with Crippen LogP contribution in [0.15, 0.2) is 40.9 Å². The summed E-state index contributed by atoms with van der Waals surface area (Å²) in [4.78, 5) is 0. The Labute approximate surface area is 132 Å². The van der Waals surface area contributed by atoms with Crippen LogP contribution in [0.25, 0.3) is 10.1 Å². The van der Waals surface area contributed by atoms with E-state index in [0.717, 1.165) is 20.2 Å². The number of nitrogen functional groups attached to an aromatic ring is 1. The maximum absolute atomic E-state index is 13.2. The average molecular weight is 372 g/mol. The summed E-state index contributed by atoms with van der Waals surface area (Å²) >= 11 is 10.8. The molecule has 0 spiro atoms. The fourth-order valence-corrected chi connectivity index (χ4v) is 3.67. The molecule has 3 N–H and O–H groups in total. The van der Waals surface area contributed by atoms with Gasteiger partial charge >= 0.3 is 0 Å². The summed E-state index contributed by atoms with van der Waals surface area (Å²) in [7, 11) is 0. The largest absolute Gasteiger partial charge is 0.389 e. The van der Waals surface area contributed by atoms with Gasteiger partial charge in [0.1, 0.15) is 10.8 Å². The van der Waals surface area contributed by atoms with Crippen molar-refractivity contribution in [1.29, 1.82) is 0 Å². The van der Waals surface area contributed by atoms with E-state index in [4.69, 9.17) is 17.3 Å². The van der Waals surface area contributed by atoms with Gasteiger partial charge in [0, 0.05) is 15.5 Å². The second-order valence-electron chi connectivity index (χ2n) is 4.21. The average Bonchev–Trinajstić information content (AvgIpc) is 2.73. The third kappa shape index (κ3) is 2.37. The van der Waals surface area contributed by atoms with Gasteiger partial charge < -0.3 is 11.1 Å². The van der Waals surface area contributed by atoms with E-state index >= 15 is 0 Å². The van der Waals surface area contributed by atoms with Crippen LogP contribution in [0.4, 0.5) is 20.8 Å². The number of nitrogens with two attached hydrogens (primary N) is 1. The molecule has 1 heterocycles. The van der Waals surface area contributed by atoms with Gasteiger partial charge in [-0.15, -0.1) is 11.3 Å². The van der Waals surface area contributed by atoms with Crippen molar-refractivity contribution in [1.82, 2.24) is 0 Å². The number of thiophene rings is 1. The molecule has 0 aliphatic carbocycles. The predicted molar refractivity (Wildman–Crippen MR) is 88.6 cm³/mol. The van der Waals surface area contributed by atoms with Gasteiger partial charge in [-0.25, -0.2) is 4.39 Å². The molecule has 0 amide bonds. The molecule has 102 valence electrons. The molecule has 0 saturated carbocycles. The lowest BCUT2D eigenvalue weighted by Crippen LogP contribution is -1.93. The molecule has 0 aliphatic heterocycles. The molecular formula is C14H9BrClFN2S. The van der Waals surface area contributed by atoms with Crippen LogP contribution in [-0.2, 0) is 0 Å². The zero-order valence-electron chi connectivity index (χ0n) is 10.1. The molecule has 20 heavy (non-hydrogen) atoms. The van der Waals surface area contributed by atoms with Gasteiger partial charge in [-0.3, -0.25) is 0 Å². The summed E-state index contributed by atoms with van der Waals surface area (Å²) in [6, 6.07) is 10.4. The van der Waals surface area contributed by atoms with E-state index in [-0.39, 0.29) is 5.02 Å². The molecule has 0 radical (unpaired) electrons. The number of nitrogens with one attached hydrogen (secondary N) is 1. The third-order valence-corrected chi connectivity index (χ3v) is 5.16. The van der Waals surface area contributed by atoms with E-state index in [0.29, 0.717) is 10.7 Å². The summed E-state index contributed by atoms with van der Waals surface area (Å²) in [6.07, 6.45) is 0. The summed E-state index contributed by atoms with van der Waals surface area (Å²) < 4.78 is 15.2. The van der Waals surface area contributed by atoms with E-state index in [1.54, 1.807) is 6.07 Å². The molecule has 0 fully saturated rings. The number of halogens is 3. The van der Waals surface area contributed by atoms with E-state index < -0.39 is 5.82 Å². The highest BCUT2D eigenvalue weighted by Crippen LogP contribution is 2.42. The smallest absolute Gasteiger partial charge is 0.141 e. The molecule has 0 atom stereocenters. The first-order chi connectivity index (χ1) is 9.56. The Morgan fingerprint density at radius 2 is 2.05 bits per heavy atom. The van der Waals surface area contributed by atoms with E-state index in [1.807, 2.05) is 18.2 Å². The van der Waals surface area contributed by atoms with Gasteiger partial charge in [-0.2, -0.15) is 0 Å². The lowest BCUT2D eigenvalue weighted by molar-refractivity contribution is 0.628. The first-order valence-corrected chi connectivity index (χ1v) is 7.73. The number of hydrogen-bond donors (Lipinski definition) is 2. The van der Waals surface area contributed by atoms with Crippen molar-refractivity contribution in [3.8, 4) is 0 Å². The molecule has 0 saturated heterocycles. The first kappa shape index (κ1) is 13.7. The summed E-state index contributed by atoms with van der Waals surface area (Å²) in [6.45, 7) is 0. The van der Waals surface area contributed by atoms with E-state index in [9.17, 15) is 4.39 Å². The van der Waals surface area contributed by atoms with Crippen molar-refractivity contribution >= 4 is 65.3 Å². The van der Waals surface area contributed by atoms with Crippen LogP contribution < -0.4 is 11.1 Å². The maximum atomic E-state index is 13.2. The van der Waals surface area contributed by atoms with Crippen molar-refractivity contribution in [3.63, 3.8) is 0 Å². The number of benzene rings is 2. The van der Waals surface area contributed by atoms with Crippen LogP contribution in [0.1, 0.15) is 0 Å². The molecule has 3 aromatic rings. The Morgan fingerprint density at radius 3 is 2.80 bits per heavy atom. The Bertz CT molecular complexity index is 803. The van der Waals surface area contributed by atoms with Crippen LogP contribution in [0, 0.1) is 5.82 Å². The molecule has 0 unspecified atom stereocenters. The Balaban J connectivity index is 2.08. The van der Waals surface area contributed by atoms with Gasteiger partial charge in [-0.05, 0) is 40.2 Å². The fourth-order valence-electron chi connectivity index (χ4n) is 1.95. The Kier molecular flexibility index (Phi) is 3.58. The third-order valence-electron chi connectivity index (χ3n) is 2.88. The minimum absolute atomic E-state index is 0.0780. The Hall–Kier alpha value is -1.30. The zero-order valence-corrected chi connectivity index (χ0v) is 13.2. The molecular weight excluding hydrogens is 363 g/mol. The van der Waals surface area contributed by atoms with Crippen molar-refractivity contribution in [2.75, 3.05) is 11.1 Å². The van der Waals surface area contributed by atoms with Crippen LogP contribution in [-0.4, -0.2) is 0 Å². The highest BCUT2D eigenvalue weighted by atomic mass is 79.9. The zero-order chi connectivity index (χ0) is 14.3. The van der Waals surface area contributed by atoms with E-state index in [1.165, 1.54) is 23.5 Å². The molecule has 0 bridgehead atoms. The quantitative estimate of drug-likeness (QED) is 0.599. The van der Waals surface area contributed by atoms with Crippen molar-refractivity contribution in [3.05, 3.63) is 51.7 Å². The van der Waals surface area contributed by atoms with Crippen molar-refractivity contribution in [2.24, 2.45) is 0 Å². The van der Waals surface area contributed by atoms with Crippen LogP contribution in [0.3, 0.4) is 0 Å². The van der Waals surface area contributed by atoms with Gasteiger partial charge in [0.25, 0.3) is 0 Å². The summed E-state index contributed by atoms with van der Waals surface area (Å²) in [5.74, 6) is -0.442. The highest BCUT2D eigenvalue weighted by molar-refractivity contribution is 9.10. The molecule has 6 heteroatoms. The SMILES string of the molecule is Nc1sc2c(Br)cccc2c1Nc1ccc(F)c(Cl)c1. The minimum atomic E-state index is -0.442. The summed E-state index contributed by atoms with van der Waals surface area (Å²) in [5.41, 5.74) is 7.58. The van der Waals surface area contributed by atoms with E-state index in [2.05, 4.69) is 21.2 Å². The molecule has 2 aromatic carbocycles. The maximum Gasteiger partial charge on any atom is 0.141 e. The topological polar surface area (TPSA) is 38.0 Å². The van der Waals surface area contributed by atoms with Gasteiger partial charge in [0.05, 0.1) is 15.4 Å². The normalized spacial score (nSPS) is 10.9. The molecule has 2 nitrogen and oxygen atoms in total. The number of rotatable bonds is 2. The second-order valence-corrected chi connectivity index (χ2v) is 6.53. The van der Waals surface area contributed by atoms with Gasteiger partial charge in [0.15, 0.2) is 0 Å². The van der Waals surface area contributed by atoms with Gasteiger partial charge in [0.2, 0.25) is 0 Å². The standard InChI is InChI=1S/C14H9BrClFN2S/c15-9-3-1-2-8-12(14(18)20-13(8)9)19-7-4-5-11(17)10(16)6-7/h1-6,19H,18H2. The number of anilines is 3. The first-order valence-electron chi connectivity index (χ1n) is 5.75. The van der Waals surface area contributed by atoms with Crippen LogP contribution in [0.5, 0.6) is 0 Å². The minimum Gasteiger partial charge on any atom is -0.389 e. The molecule has 3 rings (SSSR count). The predicted octanol–water partition coefficient (Wildman–Crippen LogP) is 5.78. The lowest BCUT2D eigenvalue weighted by atomic mass is 10.2. The monoisotopic (exact) mass is 370 g/mol. The number of fused-ring (bicyclic) bond motifs is 1. The number of hydrogen-bond acceptors (Lipinski definition) is 3. The van der Waals surface area contributed by atoms with Crippen LogP contribution >= 0.6 is 38.9 Å². The van der Waals surface area contributed by atoms with Crippen LogP contribution in [0.2, 0.25) is 5.02 Å². The lowest BCUT2D eigenvalue weighted by Gasteiger charge is -2.07. The Morgan fingerprint density at radius 1 is 1.25 bits per heavy atom.